The van der Waals surface area contributed by atoms with Crippen LogP contribution >= 0.6 is 0 Å². The summed E-state index contributed by atoms with van der Waals surface area (Å²) in [6, 6.07) is 8.26. The molecular formula is C18H15NO6. The molecule has 0 aliphatic carbocycles. The van der Waals surface area contributed by atoms with Crippen molar-refractivity contribution in [1.82, 2.24) is 0 Å². The van der Waals surface area contributed by atoms with Gasteiger partial charge >= 0.3 is 11.9 Å². The summed E-state index contributed by atoms with van der Waals surface area (Å²) in [4.78, 5) is 27.2. The summed E-state index contributed by atoms with van der Waals surface area (Å²) < 4.78 is 20.8. The Kier molecular flexibility index (Phi) is 4.65. The van der Waals surface area contributed by atoms with Crippen molar-refractivity contribution < 1.29 is 28.2 Å². The smallest absolute Gasteiger partial charge is 0.363 e. The van der Waals surface area contributed by atoms with E-state index in [1.807, 2.05) is 6.92 Å². The number of carbonyl (C=O) groups excluding carboxylic acids is 2. The first-order valence-corrected chi connectivity index (χ1v) is 7.58. The zero-order chi connectivity index (χ0) is 17.8. The second-order valence-electron chi connectivity index (χ2n) is 5.05. The molecule has 1 aliphatic rings. The van der Waals surface area contributed by atoms with E-state index in [0.717, 1.165) is 0 Å². The number of benzene rings is 1. The van der Waals surface area contributed by atoms with E-state index in [2.05, 4.69) is 4.99 Å². The molecule has 7 nitrogen and oxygen atoms in total. The number of ether oxygens (including phenoxy) is 3. The molecule has 0 bridgehead atoms. The minimum Gasteiger partial charge on any atom is -0.490 e. The molecule has 0 unspecified atom stereocenters. The summed E-state index contributed by atoms with van der Waals surface area (Å²) in [5.74, 6) is 0.172. The minimum absolute atomic E-state index is 0.114. The highest BCUT2D eigenvalue weighted by Crippen LogP contribution is 2.30. The van der Waals surface area contributed by atoms with Crippen molar-refractivity contribution in [2.75, 3.05) is 6.61 Å². The van der Waals surface area contributed by atoms with Crippen LogP contribution in [-0.4, -0.2) is 24.4 Å². The zero-order valence-corrected chi connectivity index (χ0v) is 13.6. The van der Waals surface area contributed by atoms with Crippen LogP contribution in [-0.2, 0) is 14.3 Å². The number of esters is 2. The molecule has 128 valence electrons. The number of aliphatic imine (C=N–C) groups is 1. The Morgan fingerprint density at radius 2 is 2.12 bits per heavy atom. The van der Waals surface area contributed by atoms with Crippen molar-refractivity contribution in [3.05, 3.63) is 53.6 Å². The van der Waals surface area contributed by atoms with Gasteiger partial charge in [-0.15, -0.1) is 0 Å². The molecule has 1 aromatic heterocycles. The van der Waals surface area contributed by atoms with Crippen LogP contribution in [0.5, 0.6) is 11.5 Å². The topological polar surface area (TPSA) is 87.3 Å². The van der Waals surface area contributed by atoms with E-state index in [0.29, 0.717) is 29.4 Å². The van der Waals surface area contributed by atoms with Gasteiger partial charge in [0.1, 0.15) is 0 Å². The summed E-state index contributed by atoms with van der Waals surface area (Å²) in [7, 11) is 0. The molecule has 2 heterocycles. The fourth-order valence-corrected chi connectivity index (χ4v) is 2.19. The van der Waals surface area contributed by atoms with Crippen LogP contribution in [0, 0.1) is 0 Å². The quantitative estimate of drug-likeness (QED) is 0.472. The van der Waals surface area contributed by atoms with Gasteiger partial charge in [0.2, 0.25) is 0 Å². The van der Waals surface area contributed by atoms with E-state index >= 15 is 0 Å². The second-order valence-corrected chi connectivity index (χ2v) is 5.05. The Morgan fingerprint density at radius 1 is 1.28 bits per heavy atom. The molecule has 1 aliphatic heterocycles. The van der Waals surface area contributed by atoms with E-state index in [1.54, 1.807) is 36.4 Å². The van der Waals surface area contributed by atoms with E-state index in [4.69, 9.17) is 18.6 Å². The third kappa shape index (κ3) is 3.77. The molecule has 3 rings (SSSR count). The van der Waals surface area contributed by atoms with Crippen molar-refractivity contribution in [2.24, 2.45) is 4.99 Å². The maximum Gasteiger partial charge on any atom is 0.363 e. The molecule has 0 N–H and O–H groups in total. The van der Waals surface area contributed by atoms with Crippen LogP contribution in [0.15, 0.2) is 51.7 Å². The molecule has 0 amide bonds. The van der Waals surface area contributed by atoms with Gasteiger partial charge in [0.25, 0.3) is 5.90 Å². The zero-order valence-electron chi connectivity index (χ0n) is 13.6. The maximum absolute atomic E-state index is 12.0. The fraction of sp³-hybridized carbons (Fsp3) is 0.167. The maximum atomic E-state index is 12.0. The molecule has 7 heteroatoms. The number of nitrogens with zero attached hydrogens (tertiary/aromatic N) is 1. The summed E-state index contributed by atoms with van der Waals surface area (Å²) in [6.45, 7) is 3.53. The average Bonchev–Trinajstić information content (AvgIpc) is 3.20. The van der Waals surface area contributed by atoms with Crippen molar-refractivity contribution in [3.8, 4) is 11.5 Å². The molecule has 0 fully saturated rings. The summed E-state index contributed by atoms with van der Waals surface area (Å²) in [5, 5.41) is 0. The molecular weight excluding hydrogens is 326 g/mol. The van der Waals surface area contributed by atoms with Crippen LogP contribution in [0.25, 0.3) is 6.08 Å². The Balaban J connectivity index is 1.91. The Morgan fingerprint density at radius 3 is 2.80 bits per heavy atom. The molecule has 2 aromatic rings. The third-order valence-electron chi connectivity index (χ3n) is 3.18. The van der Waals surface area contributed by atoms with Gasteiger partial charge in [-0.25, -0.2) is 9.79 Å². The van der Waals surface area contributed by atoms with Crippen LogP contribution in [0.2, 0.25) is 0 Å². The molecule has 1 aromatic carbocycles. The largest absolute Gasteiger partial charge is 0.490 e. The lowest BCUT2D eigenvalue weighted by Crippen LogP contribution is -2.04. The molecule has 0 saturated heterocycles. The first kappa shape index (κ1) is 16.5. The lowest BCUT2D eigenvalue weighted by molar-refractivity contribution is -0.132. The van der Waals surface area contributed by atoms with Gasteiger partial charge in [-0.2, -0.15) is 0 Å². The average molecular weight is 341 g/mol. The second kappa shape index (κ2) is 7.04. The van der Waals surface area contributed by atoms with Gasteiger partial charge < -0.3 is 18.6 Å². The van der Waals surface area contributed by atoms with E-state index in [9.17, 15) is 9.59 Å². The highest BCUT2D eigenvalue weighted by Gasteiger charge is 2.25. The van der Waals surface area contributed by atoms with Crippen molar-refractivity contribution in [3.63, 3.8) is 0 Å². The number of hydrogen-bond donors (Lipinski definition) is 0. The van der Waals surface area contributed by atoms with Crippen molar-refractivity contribution >= 4 is 23.9 Å². The lowest BCUT2D eigenvalue weighted by Gasteiger charge is -2.10. The lowest BCUT2D eigenvalue weighted by atomic mass is 10.1. The molecule has 0 spiro atoms. The number of rotatable bonds is 5. The van der Waals surface area contributed by atoms with Crippen molar-refractivity contribution in [1.29, 1.82) is 0 Å². The minimum atomic E-state index is -0.576. The Labute approximate surface area is 143 Å². The van der Waals surface area contributed by atoms with Gasteiger partial charge in [0.15, 0.2) is 23.0 Å². The monoisotopic (exact) mass is 341 g/mol. The van der Waals surface area contributed by atoms with E-state index < -0.39 is 11.9 Å². The predicted octanol–water partition coefficient (Wildman–Crippen LogP) is 2.95. The first-order chi connectivity index (χ1) is 12.1. The predicted molar refractivity (Wildman–Crippen MR) is 88.2 cm³/mol. The highest BCUT2D eigenvalue weighted by molar-refractivity contribution is 6.11. The number of furan rings is 1. The molecule has 0 atom stereocenters. The Bertz CT molecular complexity index is 864. The van der Waals surface area contributed by atoms with E-state index in [1.165, 1.54) is 13.2 Å². The summed E-state index contributed by atoms with van der Waals surface area (Å²) in [5.41, 5.74) is 0.782. The molecule has 25 heavy (non-hydrogen) atoms. The van der Waals surface area contributed by atoms with Crippen LogP contribution in [0.4, 0.5) is 0 Å². The van der Waals surface area contributed by atoms with Gasteiger partial charge in [0, 0.05) is 6.92 Å². The number of hydrogen-bond acceptors (Lipinski definition) is 7. The van der Waals surface area contributed by atoms with Gasteiger partial charge in [-0.1, -0.05) is 6.07 Å². The summed E-state index contributed by atoms with van der Waals surface area (Å²) in [6.07, 6.45) is 3.02. The fourth-order valence-electron chi connectivity index (χ4n) is 2.19. The third-order valence-corrected chi connectivity index (χ3v) is 3.18. The SMILES string of the molecule is CCOc1cc(C=C2N=C(c3ccco3)OC2=O)ccc1OC(C)=O. The molecule has 0 radical (unpaired) electrons. The van der Waals surface area contributed by atoms with Gasteiger partial charge in [-0.3, -0.25) is 4.79 Å². The first-order valence-electron chi connectivity index (χ1n) is 7.58. The van der Waals surface area contributed by atoms with Crippen LogP contribution < -0.4 is 9.47 Å². The normalized spacial score (nSPS) is 15.0. The molecule has 0 saturated carbocycles. The Hall–Kier alpha value is -3.35. The van der Waals surface area contributed by atoms with Gasteiger partial charge in [0.05, 0.1) is 12.9 Å². The van der Waals surface area contributed by atoms with Crippen molar-refractivity contribution in [2.45, 2.75) is 13.8 Å². The van der Waals surface area contributed by atoms with Crippen LogP contribution in [0.1, 0.15) is 25.2 Å². The standard InChI is InChI=1S/C18H15NO6/c1-3-22-16-10-12(6-7-14(16)24-11(2)20)9-13-18(21)25-17(19-13)15-5-4-8-23-15/h4-10H,3H2,1-2H3. The highest BCUT2D eigenvalue weighted by atomic mass is 16.6. The number of carbonyl (C=O) groups is 2. The van der Waals surface area contributed by atoms with Gasteiger partial charge in [-0.05, 0) is 42.8 Å². The van der Waals surface area contributed by atoms with Crippen LogP contribution in [0.3, 0.4) is 0 Å². The summed E-state index contributed by atoms with van der Waals surface area (Å²) >= 11 is 0. The van der Waals surface area contributed by atoms with E-state index in [-0.39, 0.29) is 11.6 Å². The number of cyclic esters (lactones) is 1.